The number of amides is 1. The van der Waals surface area contributed by atoms with E-state index in [2.05, 4.69) is 66.0 Å². The minimum atomic E-state index is -1.01. The van der Waals surface area contributed by atoms with E-state index in [0.717, 1.165) is 125 Å². The third-order valence-corrected chi connectivity index (χ3v) is 29.7. The van der Waals surface area contributed by atoms with Crippen molar-refractivity contribution < 1.29 is 86.1 Å². The number of pyridine rings is 3. The lowest BCUT2D eigenvalue weighted by atomic mass is 9.67. The number of non-ortho nitro benzene ring substituents is 1. The molecule has 8 fully saturated rings. The maximum Gasteiger partial charge on any atom is 0.409 e. The largest absolute Gasteiger partial charge is 0.494 e. The van der Waals surface area contributed by atoms with Crippen LogP contribution in [0.3, 0.4) is 0 Å². The summed E-state index contributed by atoms with van der Waals surface area (Å²) in [5.41, 5.74) is 7.70. The number of aromatic nitrogens is 8. The summed E-state index contributed by atoms with van der Waals surface area (Å²) >= 11 is 11.9. The lowest BCUT2D eigenvalue weighted by Gasteiger charge is -2.34. The maximum absolute atomic E-state index is 12.6. The molecule has 5 N–H and O–H groups in total. The number of Topliss-reactive ketones (excluding diaryl/α,β-unsaturated/α-hetero) is 1. The number of imidazole rings is 1. The Labute approximate surface area is 863 Å². The number of benzene rings is 6. The summed E-state index contributed by atoms with van der Waals surface area (Å²) in [4.78, 5) is 87.4. The van der Waals surface area contributed by atoms with Crippen molar-refractivity contribution >= 4 is 79.9 Å². The summed E-state index contributed by atoms with van der Waals surface area (Å²) in [7, 11) is 9.52. The highest BCUT2D eigenvalue weighted by Gasteiger charge is 2.50. The van der Waals surface area contributed by atoms with Crippen LogP contribution in [-0.2, 0) is 44.1 Å². The number of ketones is 1. The molecule has 8 heterocycles. The lowest BCUT2D eigenvalue weighted by Crippen LogP contribution is -2.35. The molecule has 2 aliphatic heterocycles. The van der Waals surface area contributed by atoms with E-state index in [1.807, 2.05) is 87.5 Å². The number of nitrogens with zero attached hydrogens (tertiary/aromatic N) is 10. The highest BCUT2D eigenvalue weighted by atomic mass is 35.5. The first-order valence-electron chi connectivity index (χ1n) is 50.1. The standard InChI is InChI=1S/C21H29NO5.C20H26N2O3.C20H25NO4.C17H14N4O3.C17H22N2O4.C16H13Cl2N3O2/c1-14(23)21(2)13-22(20(24)26-4)12-17(21)15-9-10-18(25-3)19(11-15)27-16-7-5-6-8-16;1-13(12-22-8-7-21-20(22)23)15-5-6-17(24-2)19(11-15)25-18-10-14-3-4-16(18)9-14;1-24-17-7-6-15(12-18(17)25-16-4-2-3-5-16)20(13-21)10-8-14(9-11-20)19(22)23;22-17-14-5-2-8-18-16(14)15(19-20(17)10-11-6-7-11)12-3-1-4-13(9-12)21(23)24;1-11-17(12(2)23-19-11)18-9-13-4-5-15(20-3)16(8-13)22-14-6-7-21-10-14;1-23-13-5-4-11(10-3-2-6-19-14(10)13)16(22)21-12-7-9(17)8-20-15(12)18/h9-11,16-17H,5-8,12-13H2,1-4H3;5-8,11,13-14,16,18H,3-4,9-10,12H2,1-2H3,(H,21,23);6-7,12,14,16H,2-5,8-11H2,1H3,(H,22,23);1-5,8-9,11H,6-7,10H2;4-5,8,14,18H,6-7,9-10H2,1-3H3;2-8,16,21-22H,1H3/t17-,21-;;;;;/m0...../s1. The van der Waals surface area contributed by atoms with Crippen LogP contribution in [0.1, 0.15) is 200 Å². The quantitative estimate of drug-likeness (QED) is 0.0121. The number of carboxylic acid groups (broad SMARTS) is 1. The van der Waals surface area contributed by atoms with Gasteiger partial charge in [-0.3, -0.25) is 39.0 Å². The van der Waals surface area contributed by atoms with Gasteiger partial charge in [0, 0.05) is 105 Å². The van der Waals surface area contributed by atoms with Crippen LogP contribution >= 0.6 is 23.2 Å². The number of fused-ring (bicyclic) bond motifs is 4. The Bertz CT molecular complexity index is 6740. The van der Waals surface area contributed by atoms with Crippen molar-refractivity contribution in [2.24, 2.45) is 29.1 Å². The maximum atomic E-state index is 12.6. The number of hydrogen-bond acceptors (Lipinski definition) is 28. The summed E-state index contributed by atoms with van der Waals surface area (Å²) < 4.78 is 70.4. The van der Waals surface area contributed by atoms with Gasteiger partial charge in [0.25, 0.3) is 11.2 Å². The predicted molar refractivity (Wildman–Crippen MR) is 556 cm³/mol. The van der Waals surface area contributed by atoms with Crippen molar-refractivity contribution in [3.63, 3.8) is 0 Å². The van der Waals surface area contributed by atoms with Gasteiger partial charge in [0.1, 0.15) is 51.8 Å². The van der Waals surface area contributed by atoms with Crippen molar-refractivity contribution in [2.45, 2.75) is 224 Å². The molecule has 34 nitrogen and oxygen atoms in total. The average Bonchev–Trinajstić information content (AvgIpc) is 1.45. The number of methoxy groups -OCH3 is 6. The van der Waals surface area contributed by atoms with E-state index >= 15 is 0 Å². The number of nitro groups is 1. The number of anilines is 2. The summed E-state index contributed by atoms with van der Waals surface area (Å²) in [6.07, 6.45) is 27.0. The van der Waals surface area contributed by atoms with Crippen molar-refractivity contribution in [1.82, 2.24) is 44.3 Å². The zero-order valence-corrected chi connectivity index (χ0v) is 86.3. The Morgan fingerprint density at radius 2 is 1.33 bits per heavy atom. The number of carbonyl (C=O) groups is 3. The molecule has 36 heteroatoms. The van der Waals surface area contributed by atoms with Crippen LogP contribution in [0.4, 0.5) is 21.9 Å². The minimum Gasteiger partial charge on any atom is -0.494 e. The van der Waals surface area contributed by atoms with Crippen molar-refractivity contribution in [1.29, 1.82) is 5.26 Å². The zero-order valence-electron chi connectivity index (χ0n) is 84.8. The summed E-state index contributed by atoms with van der Waals surface area (Å²) in [5, 5.41) is 57.2. The van der Waals surface area contributed by atoms with E-state index in [9.17, 15) is 49.6 Å². The third-order valence-electron chi connectivity index (χ3n) is 29.2. The molecule has 6 aliphatic carbocycles. The molecule has 8 aliphatic rings. The van der Waals surface area contributed by atoms with E-state index in [0.29, 0.717) is 156 Å². The average molecular weight is 2050 g/mol. The van der Waals surface area contributed by atoms with Crippen LogP contribution in [0.15, 0.2) is 185 Å². The molecule has 0 spiro atoms. The number of halogens is 2. The third kappa shape index (κ3) is 26.3. The molecule has 6 aromatic heterocycles. The van der Waals surface area contributed by atoms with Gasteiger partial charge < -0.3 is 87.4 Å². The number of aromatic amines is 1. The fraction of sp³-hybridized carbons (Fsp3) is 0.450. The number of hydrogen-bond donors (Lipinski definition) is 5. The van der Waals surface area contributed by atoms with Crippen molar-refractivity contribution in [2.75, 3.05) is 79.6 Å². The molecule has 6 saturated carbocycles. The van der Waals surface area contributed by atoms with Gasteiger partial charge in [-0.2, -0.15) is 10.4 Å². The first-order chi connectivity index (χ1) is 71.0. The number of aryl methyl sites for hydroxylation is 2. The molecule has 2 saturated heterocycles. The Kier molecular flexibility index (Phi) is 36.1. The minimum absolute atomic E-state index is 0.0154. The number of H-pyrrole nitrogens is 1. The van der Waals surface area contributed by atoms with E-state index in [4.69, 9.17) is 79.8 Å². The fourth-order valence-corrected chi connectivity index (χ4v) is 20.9. The highest BCUT2D eigenvalue weighted by Crippen LogP contribution is 2.51. The van der Waals surface area contributed by atoms with Crippen LogP contribution in [0, 0.1) is 64.4 Å². The number of rotatable bonds is 30. The molecule has 778 valence electrons. The van der Waals surface area contributed by atoms with Gasteiger partial charge in [-0.05, 0) is 261 Å². The van der Waals surface area contributed by atoms with Gasteiger partial charge in [0.15, 0.2) is 63.1 Å². The molecule has 0 radical (unpaired) electrons. The summed E-state index contributed by atoms with van der Waals surface area (Å²) in [6, 6.07) is 44.6. The second-order valence-electron chi connectivity index (χ2n) is 39.0. The van der Waals surface area contributed by atoms with Gasteiger partial charge >= 0.3 is 17.8 Å². The molecule has 2 bridgehead atoms. The van der Waals surface area contributed by atoms with E-state index in [-0.39, 0.29) is 63.9 Å². The molecule has 6 unspecified atom stereocenters. The number of likely N-dealkylation sites (tertiary alicyclic amines) is 1. The first-order valence-corrected chi connectivity index (χ1v) is 50.9. The Morgan fingerprint density at radius 1 is 0.694 bits per heavy atom. The second kappa shape index (κ2) is 49.5. The van der Waals surface area contributed by atoms with Gasteiger partial charge in [0.05, 0.1) is 112 Å². The van der Waals surface area contributed by atoms with Gasteiger partial charge in [-0.15, -0.1) is 0 Å². The predicted octanol–water partition coefficient (Wildman–Crippen LogP) is 21.3. The van der Waals surface area contributed by atoms with Crippen molar-refractivity contribution in [3.05, 3.63) is 251 Å². The Morgan fingerprint density at radius 3 is 1.93 bits per heavy atom. The number of aliphatic carboxylic acids is 1. The van der Waals surface area contributed by atoms with Crippen LogP contribution in [0.25, 0.3) is 33.1 Å². The zero-order chi connectivity index (χ0) is 104. The van der Waals surface area contributed by atoms with E-state index in [1.165, 1.54) is 81.5 Å². The molecular weight excluding hydrogens is 1920 g/mol. The topological polar surface area (TPSA) is 425 Å². The highest BCUT2D eigenvalue weighted by molar-refractivity contribution is 6.34. The molecule has 6 aromatic carbocycles. The molecule has 1 amide bonds. The van der Waals surface area contributed by atoms with E-state index in [1.54, 1.807) is 125 Å². The number of carboxylic acids is 1. The van der Waals surface area contributed by atoms with Gasteiger partial charge in [0.2, 0.25) is 0 Å². The second-order valence-corrected chi connectivity index (χ2v) is 39.8. The fourth-order valence-electron chi connectivity index (χ4n) is 20.5. The molecule has 8 atom stereocenters. The smallest absolute Gasteiger partial charge is 0.409 e. The lowest BCUT2D eigenvalue weighted by molar-refractivity contribution is -0.384. The van der Waals surface area contributed by atoms with Crippen LogP contribution < -0.4 is 64.5 Å². The SMILES string of the molecule is COC(=O)N1C[C@@H](c2ccc(OC)c(OC3CCCC3)c2)[C@](C)(C(C)=O)C1.COc1ccc(C(C)Cn2cc[nH]c2=O)cc1OC1CC2CCC1C2.COc1ccc(C(O)Nc2cc(Cl)cnc2Cl)c2cccnc12.COc1ccc(C2(C#N)CCC(C(=O)O)CC2)cc1OC1CCCC1.COc1ccc(CNc2c(C)noc2C)cc1OC1CCOC1.O=c1c2cccnc2c(-c2cccc([N+](=O)[O-])c2)nn1CC1CC1. The molecular formula is C111H129Cl2N13O21. The number of aliphatic hydroxyl groups is 1. The van der Waals surface area contributed by atoms with Gasteiger partial charge in [-0.1, -0.05) is 90.7 Å². The molecule has 20 rings (SSSR count). The van der Waals surface area contributed by atoms with Crippen LogP contribution in [0.2, 0.25) is 10.2 Å². The number of aliphatic hydroxyl groups excluding tert-OH is 1. The van der Waals surface area contributed by atoms with Gasteiger partial charge in [-0.25, -0.2) is 19.3 Å². The monoisotopic (exact) mass is 2050 g/mol. The summed E-state index contributed by atoms with van der Waals surface area (Å²) in [6.45, 7) is 13.5. The van der Waals surface area contributed by atoms with Crippen LogP contribution in [-0.4, -0.2) is 171 Å². The number of carbonyl (C=O) groups excluding carboxylic acids is 2. The van der Waals surface area contributed by atoms with E-state index < -0.39 is 34.0 Å². The number of nitrogens with one attached hydrogen (secondary N) is 3. The number of ether oxygens (including phenoxy) is 11. The van der Waals surface area contributed by atoms with Crippen LogP contribution in [0.5, 0.6) is 51.7 Å². The van der Waals surface area contributed by atoms with Crippen molar-refractivity contribution in [3.8, 4) is 69.1 Å². The normalized spacial score (nSPS) is 20.5. The molecule has 12 aromatic rings. The number of nitriles is 1. The molecule has 147 heavy (non-hydrogen) atoms. The summed E-state index contributed by atoms with van der Waals surface area (Å²) in [5.74, 6) is 8.42. The Hall–Kier alpha value is -14.0. The number of nitro benzene ring substituents is 1. The first kappa shape index (κ1) is 107. The Balaban J connectivity index is 0.000000132.